The van der Waals surface area contributed by atoms with Crippen LogP contribution in [-0.2, 0) is 4.74 Å². The molecule has 1 saturated carbocycles. The van der Waals surface area contributed by atoms with Crippen LogP contribution in [0.3, 0.4) is 0 Å². The first kappa shape index (κ1) is 22.9. The SMILES string of the molecule is CCOC1=CC[C@@]2(C)C(=C1)C=CC1=C2CC[C@]2(C)[C@@H]([C@H](C)CCCC(C)(C)O)CC[C@@H]12. The summed E-state index contributed by atoms with van der Waals surface area (Å²) in [6.07, 6.45) is 19.1. The van der Waals surface area contributed by atoms with Crippen molar-refractivity contribution in [2.45, 2.75) is 98.5 Å². The predicted octanol–water partition coefficient (Wildman–Crippen LogP) is 7.51. The van der Waals surface area contributed by atoms with E-state index in [4.69, 9.17) is 4.74 Å². The van der Waals surface area contributed by atoms with Gasteiger partial charge in [-0.1, -0.05) is 51.3 Å². The lowest BCUT2D eigenvalue weighted by Gasteiger charge is -2.50. The van der Waals surface area contributed by atoms with E-state index in [2.05, 4.69) is 52.0 Å². The van der Waals surface area contributed by atoms with Crippen LogP contribution in [0.4, 0.5) is 0 Å². The minimum absolute atomic E-state index is 0.155. The molecule has 0 spiro atoms. The van der Waals surface area contributed by atoms with Crippen molar-refractivity contribution in [1.82, 2.24) is 0 Å². The average Bonchev–Trinajstić information content (AvgIpc) is 3.05. The van der Waals surface area contributed by atoms with Gasteiger partial charge < -0.3 is 9.84 Å². The normalized spacial score (nSPS) is 35.7. The highest BCUT2D eigenvalue weighted by molar-refractivity contribution is 5.54. The molecule has 0 radical (unpaired) electrons. The third-order valence-corrected chi connectivity index (χ3v) is 9.25. The molecule has 31 heavy (non-hydrogen) atoms. The average molecular weight is 425 g/mol. The minimum atomic E-state index is -0.531. The fourth-order valence-corrected chi connectivity index (χ4v) is 7.46. The van der Waals surface area contributed by atoms with E-state index in [1.165, 1.54) is 37.7 Å². The van der Waals surface area contributed by atoms with Gasteiger partial charge in [0.1, 0.15) is 5.76 Å². The van der Waals surface area contributed by atoms with Crippen LogP contribution in [0.2, 0.25) is 0 Å². The van der Waals surface area contributed by atoms with Crippen molar-refractivity contribution in [2.24, 2.45) is 28.6 Å². The summed E-state index contributed by atoms with van der Waals surface area (Å²) in [4.78, 5) is 0. The Bertz CT molecular complexity index is 820. The second kappa shape index (κ2) is 8.25. The van der Waals surface area contributed by atoms with Gasteiger partial charge in [0, 0.05) is 5.41 Å². The molecule has 0 unspecified atom stereocenters. The quantitative estimate of drug-likeness (QED) is 0.458. The number of hydrogen-bond acceptors (Lipinski definition) is 2. The van der Waals surface area contributed by atoms with Crippen LogP contribution in [0.1, 0.15) is 92.9 Å². The molecule has 5 atom stereocenters. The van der Waals surface area contributed by atoms with Gasteiger partial charge in [-0.05, 0) is 106 Å². The molecule has 1 N–H and O–H groups in total. The van der Waals surface area contributed by atoms with E-state index in [0.29, 0.717) is 11.3 Å². The summed E-state index contributed by atoms with van der Waals surface area (Å²) < 4.78 is 5.81. The maximum Gasteiger partial charge on any atom is 0.115 e. The van der Waals surface area contributed by atoms with E-state index >= 15 is 0 Å². The first-order valence-corrected chi connectivity index (χ1v) is 12.8. The summed E-state index contributed by atoms with van der Waals surface area (Å²) in [7, 11) is 0. The molecule has 0 saturated heterocycles. The molecule has 0 amide bonds. The maximum atomic E-state index is 10.1. The Morgan fingerprint density at radius 2 is 2.00 bits per heavy atom. The van der Waals surface area contributed by atoms with Crippen LogP contribution in [0.15, 0.2) is 46.8 Å². The highest BCUT2D eigenvalue weighted by Gasteiger charge is 2.53. The summed E-state index contributed by atoms with van der Waals surface area (Å²) in [6.45, 7) is 14.2. The summed E-state index contributed by atoms with van der Waals surface area (Å²) in [5.41, 5.74) is 4.88. The van der Waals surface area contributed by atoms with E-state index < -0.39 is 5.60 Å². The highest BCUT2D eigenvalue weighted by atomic mass is 16.5. The largest absolute Gasteiger partial charge is 0.494 e. The fourth-order valence-electron chi connectivity index (χ4n) is 7.46. The zero-order valence-electron chi connectivity index (χ0n) is 20.8. The third kappa shape index (κ3) is 4.10. The zero-order valence-corrected chi connectivity index (χ0v) is 20.8. The standard InChI is InChI=1S/C29H44O2/c1-7-31-22-14-17-28(5)21(19-22)10-11-23-25-13-12-24(29(25,6)18-15-26(23)28)20(2)9-8-16-27(3,4)30/h10-11,14,19-20,24-25,30H,7-9,12-13,15-18H2,1-6H3/t20-,24-,25+,28+,29-/m1/s1. The molecule has 0 aromatic rings. The summed E-state index contributed by atoms with van der Waals surface area (Å²) >= 11 is 0. The van der Waals surface area contributed by atoms with E-state index in [-0.39, 0.29) is 5.41 Å². The number of allylic oxidation sites excluding steroid dienone is 7. The molecule has 1 fully saturated rings. The Morgan fingerprint density at radius 1 is 1.23 bits per heavy atom. The van der Waals surface area contributed by atoms with E-state index in [1.807, 2.05) is 13.8 Å². The van der Waals surface area contributed by atoms with Crippen molar-refractivity contribution in [1.29, 1.82) is 0 Å². The predicted molar refractivity (Wildman–Crippen MR) is 130 cm³/mol. The summed E-state index contributed by atoms with van der Waals surface area (Å²) in [6, 6.07) is 0. The zero-order chi connectivity index (χ0) is 22.4. The lowest BCUT2D eigenvalue weighted by atomic mass is 9.55. The molecule has 0 aliphatic heterocycles. The van der Waals surface area contributed by atoms with E-state index in [1.54, 1.807) is 11.1 Å². The summed E-state index contributed by atoms with van der Waals surface area (Å²) in [5, 5.41) is 10.1. The monoisotopic (exact) mass is 424 g/mol. The Balaban J connectivity index is 1.53. The fraction of sp³-hybridized carbons (Fsp3) is 0.724. The lowest BCUT2D eigenvalue weighted by molar-refractivity contribution is 0.0607. The van der Waals surface area contributed by atoms with Crippen LogP contribution in [-0.4, -0.2) is 17.3 Å². The highest BCUT2D eigenvalue weighted by Crippen LogP contribution is 2.64. The summed E-state index contributed by atoms with van der Waals surface area (Å²) in [5.74, 6) is 3.31. The van der Waals surface area contributed by atoms with Crippen molar-refractivity contribution >= 4 is 0 Å². The number of rotatable bonds is 7. The molecule has 4 rings (SSSR count). The molecular formula is C29H44O2. The molecule has 4 aliphatic carbocycles. The molecule has 0 aromatic carbocycles. The van der Waals surface area contributed by atoms with Gasteiger partial charge in [-0.2, -0.15) is 0 Å². The Hall–Kier alpha value is -1.28. The number of hydrogen-bond donors (Lipinski definition) is 1. The van der Waals surface area contributed by atoms with E-state index in [0.717, 1.165) is 43.5 Å². The Kier molecular flexibility index (Phi) is 6.09. The Labute approximate surface area is 190 Å². The van der Waals surface area contributed by atoms with Gasteiger partial charge in [0.05, 0.1) is 12.2 Å². The second-order valence-corrected chi connectivity index (χ2v) is 11.9. The van der Waals surface area contributed by atoms with Crippen molar-refractivity contribution in [3.8, 4) is 0 Å². The molecule has 0 heterocycles. The number of ether oxygens (including phenoxy) is 1. The van der Waals surface area contributed by atoms with Gasteiger partial charge in [0.25, 0.3) is 0 Å². The van der Waals surface area contributed by atoms with Crippen molar-refractivity contribution in [3.05, 3.63) is 46.8 Å². The topological polar surface area (TPSA) is 29.5 Å². The Morgan fingerprint density at radius 3 is 2.71 bits per heavy atom. The molecule has 0 bridgehead atoms. The first-order valence-electron chi connectivity index (χ1n) is 12.8. The molecule has 4 aliphatic rings. The molecule has 2 nitrogen and oxygen atoms in total. The van der Waals surface area contributed by atoms with Crippen molar-refractivity contribution < 1.29 is 9.84 Å². The van der Waals surface area contributed by atoms with Crippen LogP contribution in [0.25, 0.3) is 0 Å². The van der Waals surface area contributed by atoms with Crippen molar-refractivity contribution in [2.75, 3.05) is 6.61 Å². The molecular weight excluding hydrogens is 380 g/mol. The number of aliphatic hydroxyl groups is 1. The van der Waals surface area contributed by atoms with E-state index in [9.17, 15) is 5.11 Å². The molecule has 0 aromatic heterocycles. The minimum Gasteiger partial charge on any atom is -0.494 e. The van der Waals surface area contributed by atoms with Gasteiger partial charge >= 0.3 is 0 Å². The third-order valence-electron chi connectivity index (χ3n) is 9.25. The van der Waals surface area contributed by atoms with Crippen LogP contribution < -0.4 is 0 Å². The van der Waals surface area contributed by atoms with Gasteiger partial charge in [0.2, 0.25) is 0 Å². The van der Waals surface area contributed by atoms with Crippen LogP contribution in [0, 0.1) is 28.6 Å². The smallest absolute Gasteiger partial charge is 0.115 e. The van der Waals surface area contributed by atoms with Gasteiger partial charge in [-0.25, -0.2) is 0 Å². The van der Waals surface area contributed by atoms with Gasteiger partial charge in [0.15, 0.2) is 0 Å². The second-order valence-electron chi connectivity index (χ2n) is 11.9. The van der Waals surface area contributed by atoms with Crippen molar-refractivity contribution in [3.63, 3.8) is 0 Å². The lowest BCUT2D eigenvalue weighted by Crippen LogP contribution is -2.40. The van der Waals surface area contributed by atoms with Gasteiger partial charge in [-0.15, -0.1) is 0 Å². The maximum absolute atomic E-state index is 10.1. The first-order chi connectivity index (χ1) is 14.6. The number of fused-ring (bicyclic) bond motifs is 4. The molecule has 2 heteroatoms. The van der Waals surface area contributed by atoms with Crippen LogP contribution in [0.5, 0.6) is 0 Å². The molecule has 172 valence electrons. The van der Waals surface area contributed by atoms with Gasteiger partial charge in [-0.3, -0.25) is 0 Å². The van der Waals surface area contributed by atoms with Crippen LogP contribution >= 0.6 is 0 Å².